The van der Waals surface area contributed by atoms with Crippen LogP contribution in [0.15, 0.2) is 23.1 Å². The molecule has 0 aliphatic heterocycles. The van der Waals surface area contributed by atoms with Crippen molar-refractivity contribution in [2.24, 2.45) is 0 Å². The normalized spacial score (nSPS) is 12.9. The summed E-state index contributed by atoms with van der Waals surface area (Å²) in [6.45, 7) is 0. The van der Waals surface area contributed by atoms with E-state index in [4.69, 9.17) is 23.2 Å². The van der Waals surface area contributed by atoms with Gasteiger partial charge in [0.05, 0.1) is 14.9 Å². The summed E-state index contributed by atoms with van der Waals surface area (Å²) in [6.07, 6.45) is 0. The molecule has 1 aromatic carbocycles. The third-order valence-electron chi connectivity index (χ3n) is 1.51. The zero-order valence-corrected chi connectivity index (χ0v) is 13.9. The zero-order chi connectivity index (χ0) is 11.9. The first-order chi connectivity index (χ1) is 6.66. The van der Waals surface area contributed by atoms with E-state index in [2.05, 4.69) is 47.8 Å². The van der Waals surface area contributed by atoms with Crippen molar-refractivity contribution in [3.8, 4) is 0 Å². The van der Waals surface area contributed by atoms with Gasteiger partial charge in [0.25, 0.3) is 0 Å². The first-order valence-corrected chi connectivity index (χ1v) is 8.04. The summed E-state index contributed by atoms with van der Waals surface area (Å²) < 4.78 is 22.3. The molecule has 0 N–H and O–H groups in total. The fourth-order valence-electron chi connectivity index (χ4n) is 0.778. The van der Waals surface area contributed by atoms with Gasteiger partial charge in [-0.3, -0.25) is 0 Å². The number of hydrogen-bond acceptors (Lipinski definition) is 2. The Hall–Kier alpha value is 1.19. The van der Waals surface area contributed by atoms with Crippen LogP contribution in [0.3, 0.4) is 0 Å². The van der Waals surface area contributed by atoms with E-state index in [0.717, 1.165) is 0 Å². The second-order valence-electron chi connectivity index (χ2n) is 2.53. The van der Waals surface area contributed by atoms with Crippen LogP contribution in [0.4, 0.5) is 0 Å². The topological polar surface area (TPSA) is 34.1 Å². The van der Waals surface area contributed by atoms with Gasteiger partial charge in [-0.1, -0.05) is 23.2 Å². The molecule has 1 rings (SSSR count). The van der Waals surface area contributed by atoms with E-state index in [9.17, 15) is 8.42 Å². The molecule has 8 heteroatoms. The fraction of sp³-hybridized carbons (Fsp3) is 0.143. The van der Waals surface area contributed by atoms with Crippen LogP contribution in [0.1, 0.15) is 0 Å². The molecule has 2 nitrogen and oxygen atoms in total. The zero-order valence-electron chi connectivity index (χ0n) is 6.85. The molecule has 0 atom stereocenters. The van der Waals surface area contributed by atoms with Crippen molar-refractivity contribution in [2.45, 2.75) is 6.37 Å². The van der Waals surface area contributed by atoms with E-state index in [1.807, 2.05) is 0 Å². The molecule has 15 heavy (non-hydrogen) atoms. The van der Waals surface area contributed by atoms with Crippen LogP contribution in [-0.4, -0.2) is 9.89 Å². The van der Waals surface area contributed by atoms with Gasteiger partial charge < -0.3 is 0 Å². The molecule has 0 unspecified atom stereocenters. The molecule has 0 aromatic heterocycles. The molecule has 0 bridgehead atoms. The highest BCUT2D eigenvalue weighted by Gasteiger charge is 2.37. The summed E-state index contributed by atoms with van der Waals surface area (Å²) in [7, 11) is -3.61. The molecule has 0 saturated carbocycles. The first kappa shape index (κ1) is 14.3. The van der Waals surface area contributed by atoms with Crippen molar-refractivity contribution in [2.75, 3.05) is 0 Å². The predicted octanol–water partition coefficient (Wildman–Crippen LogP) is 4.56. The van der Waals surface area contributed by atoms with Crippen LogP contribution in [0.2, 0.25) is 10.0 Å². The average Bonchev–Trinajstić information content (AvgIpc) is 2.07. The number of sulfone groups is 1. The predicted molar refractivity (Wildman–Crippen MR) is 73.2 cm³/mol. The van der Waals surface area contributed by atoms with Gasteiger partial charge in [-0.15, -0.1) is 0 Å². The van der Waals surface area contributed by atoms with Gasteiger partial charge >= 0.3 is 0 Å². The van der Waals surface area contributed by atoms with E-state index in [-0.39, 0.29) is 9.92 Å². The van der Waals surface area contributed by atoms with Gasteiger partial charge in [-0.05, 0) is 66.0 Å². The van der Waals surface area contributed by atoms with E-state index in [1.165, 1.54) is 18.2 Å². The van der Waals surface area contributed by atoms with Gasteiger partial charge in [0, 0.05) is 0 Å². The minimum atomic E-state index is -3.61. The van der Waals surface area contributed by atoms with Crippen molar-refractivity contribution in [3.63, 3.8) is 0 Å². The lowest BCUT2D eigenvalue weighted by Gasteiger charge is -2.13. The molecule has 0 saturated heterocycles. The Morgan fingerprint density at radius 2 is 1.60 bits per heavy atom. The Kier molecular flexibility index (Phi) is 4.58. The molecule has 84 valence electrons. The first-order valence-electron chi connectivity index (χ1n) is 3.42. The van der Waals surface area contributed by atoms with Crippen LogP contribution in [0, 0.1) is 0 Å². The summed E-state index contributed by atoms with van der Waals surface area (Å²) in [5.41, 5.74) is 0. The maximum Gasteiger partial charge on any atom is 0.239 e. The van der Waals surface area contributed by atoms with Gasteiger partial charge in [-0.2, -0.15) is 0 Å². The maximum atomic E-state index is 11.9. The summed E-state index contributed by atoms with van der Waals surface area (Å²) in [4.78, 5) is 0.0579. The van der Waals surface area contributed by atoms with Gasteiger partial charge in [0.15, 0.2) is 0 Å². The van der Waals surface area contributed by atoms with Crippen LogP contribution in [-0.2, 0) is 9.84 Å². The lowest BCUT2D eigenvalue weighted by atomic mass is 10.4. The van der Waals surface area contributed by atoms with Crippen LogP contribution in [0.5, 0.6) is 0 Å². The second kappa shape index (κ2) is 4.82. The molecular formula is C7H3Br3Cl2O2S. The van der Waals surface area contributed by atoms with E-state index >= 15 is 0 Å². The van der Waals surface area contributed by atoms with Gasteiger partial charge in [-0.25, -0.2) is 8.42 Å². The smallest absolute Gasteiger partial charge is 0.220 e. The number of benzene rings is 1. The van der Waals surface area contributed by atoms with Crippen molar-refractivity contribution < 1.29 is 8.42 Å². The summed E-state index contributed by atoms with van der Waals surface area (Å²) in [5.74, 6) is 0. The highest BCUT2D eigenvalue weighted by molar-refractivity contribution is 9.42. The monoisotopic (exact) mass is 458 g/mol. The SMILES string of the molecule is O=S(=O)(c1ccc(Cl)c(Cl)c1)C(Br)(Br)Br. The van der Waals surface area contributed by atoms with E-state index in [0.29, 0.717) is 5.02 Å². The quantitative estimate of drug-likeness (QED) is 0.575. The molecule has 0 amide bonds. The van der Waals surface area contributed by atoms with Crippen LogP contribution < -0.4 is 0 Å². The molecular weight excluding hydrogens is 459 g/mol. The van der Waals surface area contributed by atoms with Crippen molar-refractivity contribution in [1.29, 1.82) is 0 Å². The largest absolute Gasteiger partial charge is 0.239 e. The van der Waals surface area contributed by atoms with Crippen molar-refractivity contribution in [1.82, 2.24) is 0 Å². The summed E-state index contributed by atoms with van der Waals surface area (Å²) in [5, 5.41) is 0.495. The molecule has 0 spiro atoms. The minimum absolute atomic E-state index is 0.0579. The Morgan fingerprint density at radius 3 is 2.00 bits per heavy atom. The maximum absolute atomic E-state index is 11.9. The van der Waals surface area contributed by atoms with Gasteiger partial charge in [0.2, 0.25) is 11.3 Å². The lowest BCUT2D eigenvalue weighted by molar-refractivity contribution is 0.599. The Bertz CT molecular complexity index is 481. The number of alkyl halides is 3. The number of hydrogen-bond donors (Lipinski definition) is 0. The second-order valence-corrected chi connectivity index (χ2v) is 13.8. The standard InChI is InChI=1S/C7H3Br3Cl2O2S/c8-7(9,10)15(13,14)4-1-2-5(11)6(12)3-4/h1-3H. The van der Waals surface area contributed by atoms with E-state index < -0.39 is 11.3 Å². The molecule has 0 fully saturated rings. The highest BCUT2D eigenvalue weighted by Crippen LogP contribution is 2.43. The van der Waals surface area contributed by atoms with Crippen LogP contribution >= 0.6 is 71.0 Å². The van der Waals surface area contributed by atoms with E-state index in [1.54, 1.807) is 0 Å². The van der Waals surface area contributed by atoms with Crippen molar-refractivity contribution >= 4 is 80.8 Å². The Balaban J connectivity index is 3.36. The van der Waals surface area contributed by atoms with Gasteiger partial charge in [0.1, 0.15) is 0 Å². The van der Waals surface area contributed by atoms with Crippen LogP contribution in [0.25, 0.3) is 0 Å². The summed E-state index contributed by atoms with van der Waals surface area (Å²) >= 11 is 20.3. The third-order valence-corrected chi connectivity index (χ3v) is 7.56. The van der Waals surface area contributed by atoms with Crippen molar-refractivity contribution in [3.05, 3.63) is 28.2 Å². The average molecular weight is 462 g/mol. The Morgan fingerprint density at radius 1 is 1.07 bits per heavy atom. The molecule has 0 radical (unpaired) electrons. The molecule has 0 aliphatic carbocycles. The number of halogens is 5. The number of rotatable bonds is 1. The summed E-state index contributed by atoms with van der Waals surface area (Å²) in [6, 6.07) is 4.09. The minimum Gasteiger partial charge on any atom is -0.220 e. The Labute approximate surface area is 123 Å². The molecule has 1 aromatic rings. The fourth-order valence-corrected chi connectivity index (χ4v) is 3.61. The lowest BCUT2D eigenvalue weighted by Crippen LogP contribution is -2.17. The highest BCUT2D eigenvalue weighted by atomic mass is 80.0. The molecule has 0 aliphatic rings. The third kappa shape index (κ3) is 3.10. The molecule has 0 heterocycles.